The highest BCUT2D eigenvalue weighted by molar-refractivity contribution is 14.1. The van der Waals surface area contributed by atoms with Gasteiger partial charge in [-0.25, -0.2) is 0 Å². The van der Waals surface area contributed by atoms with Crippen LogP contribution in [-0.2, 0) is 4.79 Å². The van der Waals surface area contributed by atoms with Crippen molar-refractivity contribution in [2.45, 2.75) is 77.7 Å². The number of aliphatic hydroxyl groups excluding tert-OH is 1. The van der Waals surface area contributed by atoms with Gasteiger partial charge in [-0.1, -0.05) is 80.9 Å². The molecule has 0 amide bonds. The molecule has 4 heteroatoms. The number of aliphatic carboxylic acids is 1. The largest absolute Gasteiger partial charge is 0.481 e. The maximum atomic E-state index is 9.32. The van der Waals surface area contributed by atoms with Crippen molar-refractivity contribution in [3.63, 3.8) is 0 Å². The second kappa shape index (κ2) is 17.2. The Hall–Kier alpha value is 0.160. The van der Waals surface area contributed by atoms with E-state index >= 15 is 0 Å². The van der Waals surface area contributed by atoms with Crippen LogP contribution < -0.4 is 0 Å². The van der Waals surface area contributed by atoms with Gasteiger partial charge in [0, 0.05) is 11.4 Å². The topological polar surface area (TPSA) is 57.5 Å². The van der Waals surface area contributed by atoms with Gasteiger partial charge in [-0.3, -0.25) is 4.79 Å². The third-order valence-corrected chi connectivity index (χ3v) is 3.59. The highest BCUT2D eigenvalue weighted by Gasteiger charge is 2.00. The lowest BCUT2D eigenvalue weighted by molar-refractivity contribution is -0.134. The highest BCUT2D eigenvalue weighted by atomic mass is 127. The molecule has 0 rings (SSSR count). The predicted octanol–water partition coefficient (Wildman–Crippen LogP) is 4.40. The van der Waals surface area contributed by atoms with Crippen LogP contribution in [0.4, 0.5) is 0 Å². The van der Waals surface area contributed by atoms with Crippen molar-refractivity contribution >= 4 is 28.6 Å². The van der Waals surface area contributed by atoms with E-state index in [-0.39, 0.29) is 6.10 Å². The van der Waals surface area contributed by atoms with Crippen molar-refractivity contribution in [2.24, 2.45) is 0 Å². The molecule has 0 heterocycles. The number of unbranched alkanes of at least 4 members (excludes halogenated alkanes) is 7. The van der Waals surface area contributed by atoms with E-state index < -0.39 is 5.97 Å². The second-order valence-corrected chi connectivity index (χ2v) is 5.47. The average molecular weight is 372 g/mol. The van der Waals surface area contributed by atoms with Gasteiger partial charge < -0.3 is 10.2 Å². The van der Waals surface area contributed by atoms with Crippen molar-refractivity contribution in [1.82, 2.24) is 0 Å². The highest BCUT2D eigenvalue weighted by Crippen LogP contribution is 2.11. The maximum absolute atomic E-state index is 9.32. The van der Waals surface area contributed by atoms with Crippen LogP contribution in [0.15, 0.2) is 0 Å². The third-order valence-electron chi connectivity index (χ3n) is 2.57. The molecule has 0 bridgehead atoms. The lowest BCUT2D eigenvalue weighted by Gasteiger charge is -2.05. The molecule has 0 aliphatic rings. The molecule has 0 fully saturated rings. The molecule has 0 aliphatic carbocycles. The number of hydrogen-bond donors (Lipinski definition) is 2. The number of alkyl halides is 1. The van der Waals surface area contributed by atoms with Crippen LogP contribution in [0.5, 0.6) is 0 Å². The van der Waals surface area contributed by atoms with Crippen LogP contribution in [0.3, 0.4) is 0 Å². The SMILES string of the molecule is CC(=O)O.CCCCCCCCCCC(O)CI. The maximum Gasteiger partial charge on any atom is 0.300 e. The minimum Gasteiger partial charge on any atom is -0.481 e. The summed E-state index contributed by atoms with van der Waals surface area (Å²) < 4.78 is 0.883. The Labute approximate surface area is 126 Å². The Bertz CT molecular complexity index is 170. The zero-order valence-electron chi connectivity index (χ0n) is 11.8. The molecule has 110 valence electrons. The Morgan fingerprint density at radius 1 is 1.06 bits per heavy atom. The Kier molecular flexibility index (Phi) is 19.5. The normalized spacial score (nSPS) is 11.6. The van der Waals surface area contributed by atoms with Crippen LogP contribution in [0.2, 0.25) is 0 Å². The van der Waals surface area contributed by atoms with Crippen molar-refractivity contribution < 1.29 is 15.0 Å². The minimum atomic E-state index is -0.833. The fourth-order valence-corrected chi connectivity index (χ4v) is 2.03. The van der Waals surface area contributed by atoms with Crippen molar-refractivity contribution in [2.75, 3.05) is 4.43 Å². The molecular weight excluding hydrogens is 343 g/mol. The summed E-state index contributed by atoms with van der Waals surface area (Å²) >= 11 is 2.25. The second-order valence-electron chi connectivity index (χ2n) is 4.59. The summed E-state index contributed by atoms with van der Waals surface area (Å²) in [5.74, 6) is -0.833. The molecule has 0 aliphatic heterocycles. The molecule has 3 nitrogen and oxygen atoms in total. The predicted molar refractivity (Wildman–Crippen MR) is 85.4 cm³/mol. The summed E-state index contributed by atoms with van der Waals surface area (Å²) in [4.78, 5) is 9.00. The Morgan fingerprint density at radius 3 is 1.83 bits per heavy atom. The number of halogens is 1. The number of carboxylic acids is 1. The van der Waals surface area contributed by atoms with Gasteiger partial charge in [0.2, 0.25) is 0 Å². The number of rotatable bonds is 10. The van der Waals surface area contributed by atoms with Crippen molar-refractivity contribution in [3.8, 4) is 0 Å². The van der Waals surface area contributed by atoms with Gasteiger partial charge in [-0.15, -0.1) is 0 Å². The standard InChI is InChI=1S/C12H25IO.C2H4O2/c1-2-3-4-5-6-7-8-9-10-12(14)11-13;1-2(3)4/h12,14H,2-11H2,1H3;1H3,(H,3,4). The quantitative estimate of drug-likeness (QED) is 0.339. The van der Waals surface area contributed by atoms with Gasteiger partial charge in [0.25, 0.3) is 5.97 Å². The van der Waals surface area contributed by atoms with E-state index in [2.05, 4.69) is 29.5 Å². The molecule has 0 radical (unpaired) electrons. The molecule has 0 saturated heterocycles. The first-order valence-electron chi connectivity index (χ1n) is 6.98. The summed E-state index contributed by atoms with van der Waals surface area (Å²) in [6.45, 7) is 3.34. The first kappa shape index (κ1) is 20.5. The number of carboxylic acid groups (broad SMARTS) is 1. The van der Waals surface area contributed by atoms with Crippen LogP contribution in [0.25, 0.3) is 0 Å². The molecular formula is C14H29IO3. The van der Waals surface area contributed by atoms with E-state index in [1.54, 1.807) is 0 Å². The molecule has 0 spiro atoms. The van der Waals surface area contributed by atoms with Gasteiger partial charge >= 0.3 is 0 Å². The smallest absolute Gasteiger partial charge is 0.300 e. The summed E-state index contributed by atoms with van der Waals surface area (Å²) in [5.41, 5.74) is 0. The van der Waals surface area contributed by atoms with Gasteiger partial charge in [0.05, 0.1) is 6.10 Å². The van der Waals surface area contributed by atoms with Gasteiger partial charge in [-0.05, 0) is 6.42 Å². The first-order valence-corrected chi connectivity index (χ1v) is 8.50. The van der Waals surface area contributed by atoms with Gasteiger partial charge in [0.15, 0.2) is 0 Å². The molecule has 18 heavy (non-hydrogen) atoms. The average Bonchev–Trinajstić information content (AvgIpc) is 2.31. The first-order chi connectivity index (χ1) is 8.54. The molecule has 0 saturated carbocycles. The lowest BCUT2D eigenvalue weighted by Crippen LogP contribution is -2.06. The summed E-state index contributed by atoms with van der Waals surface area (Å²) in [6, 6.07) is 0. The molecule has 2 N–H and O–H groups in total. The molecule has 1 unspecified atom stereocenters. The van der Waals surface area contributed by atoms with Crippen LogP contribution in [-0.4, -0.2) is 26.7 Å². The summed E-state index contributed by atoms with van der Waals surface area (Å²) in [7, 11) is 0. The minimum absolute atomic E-state index is 0.0595. The summed E-state index contributed by atoms with van der Waals surface area (Å²) in [6.07, 6.45) is 11.7. The molecule has 1 atom stereocenters. The van der Waals surface area contributed by atoms with Crippen LogP contribution in [0, 0.1) is 0 Å². The molecule has 0 aromatic carbocycles. The van der Waals surface area contributed by atoms with E-state index in [0.717, 1.165) is 17.8 Å². The Balaban J connectivity index is 0. The Morgan fingerprint density at radius 2 is 1.44 bits per heavy atom. The van der Waals surface area contributed by atoms with Gasteiger partial charge in [0.1, 0.15) is 0 Å². The summed E-state index contributed by atoms with van der Waals surface area (Å²) in [5, 5.41) is 16.7. The van der Waals surface area contributed by atoms with E-state index in [4.69, 9.17) is 9.90 Å². The van der Waals surface area contributed by atoms with E-state index in [9.17, 15) is 5.11 Å². The van der Waals surface area contributed by atoms with Gasteiger partial charge in [-0.2, -0.15) is 0 Å². The van der Waals surface area contributed by atoms with E-state index in [1.165, 1.54) is 51.4 Å². The van der Waals surface area contributed by atoms with Crippen molar-refractivity contribution in [1.29, 1.82) is 0 Å². The zero-order valence-corrected chi connectivity index (χ0v) is 14.0. The fourth-order valence-electron chi connectivity index (χ4n) is 1.59. The fraction of sp³-hybridized carbons (Fsp3) is 0.929. The van der Waals surface area contributed by atoms with Crippen LogP contribution >= 0.6 is 22.6 Å². The number of carbonyl (C=O) groups is 1. The van der Waals surface area contributed by atoms with E-state index in [0.29, 0.717) is 0 Å². The number of hydrogen-bond acceptors (Lipinski definition) is 2. The molecule has 0 aromatic heterocycles. The lowest BCUT2D eigenvalue weighted by atomic mass is 10.1. The third kappa shape index (κ3) is 25.1. The van der Waals surface area contributed by atoms with Crippen LogP contribution in [0.1, 0.15) is 71.6 Å². The molecule has 0 aromatic rings. The number of aliphatic hydroxyl groups is 1. The zero-order chi connectivity index (χ0) is 14.2. The van der Waals surface area contributed by atoms with E-state index in [1.807, 2.05) is 0 Å². The van der Waals surface area contributed by atoms with Crippen molar-refractivity contribution in [3.05, 3.63) is 0 Å². The monoisotopic (exact) mass is 372 g/mol.